The van der Waals surface area contributed by atoms with Crippen LogP contribution in [0.3, 0.4) is 0 Å². The molecule has 1 heterocycles. The third-order valence-electron chi connectivity index (χ3n) is 3.72. The molecule has 0 bridgehead atoms. The third kappa shape index (κ3) is 3.41. The number of fused-ring (bicyclic) bond motifs is 1. The van der Waals surface area contributed by atoms with Crippen LogP contribution >= 0.6 is 11.6 Å². The second-order valence-electron chi connectivity index (χ2n) is 5.28. The highest BCUT2D eigenvalue weighted by Gasteiger charge is 2.09. The number of benzene rings is 2. The highest BCUT2D eigenvalue weighted by atomic mass is 35.5. The van der Waals surface area contributed by atoms with E-state index in [1.54, 1.807) is 12.4 Å². The molecular formula is C21H16ClN. The Bertz CT molecular complexity index is 907. The van der Waals surface area contributed by atoms with E-state index in [0.29, 0.717) is 5.03 Å². The SMILES string of the molecule is C=C(Cl)/C=C(\C(=C)c1ccc2ccccc2c1)c1ccncc1. The van der Waals surface area contributed by atoms with Gasteiger partial charge in [0.15, 0.2) is 0 Å². The van der Waals surface area contributed by atoms with E-state index in [2.05, 4.69) is 48.5 Å². The summed E-state index contributed by atoms with van der Waals surface area (Å²) in [5.41, 5.74) is 3.93. The van der Waals surface area contributed by atoms with Crippen molar-refractivity contribution in [2.45, 2.75) is 0 Å². The predicted molar refractivity (Wildman–Crippen MR) is 100 cm³/mol. The fourth-order valence-corrected chi connectivity index (χ4v) is 2.67. The first kappa shape index (κ1) is 15.3. The number of rotatable bonds is 4. The van der Waals surface area contributed by atoms with Gasteiger partial charge < -0.3 is 0 Å². The summed E-state index contributed by atoms with van der Waals surface area (Å²) in [7, 11) is 0. The van der Waals surface area contributed by atoms with Gasteiger partial charge in [-0.15, -0.1) is 0 Å². The smallest absolute Gasteiger partial charge is 0.0340 e. The molecule has 0 aliphatic carbocycles. The van der Waals surface area contributed by atoms with Crippen molar-refractivity contribution in [3.8, 4) is 0 Å². The first-order chi connectivity index (χ1) is 11.1. The molecule has 3 rings (SSSR count). The van der Waals surface area contributed by atoms with Gasteiger partial charge in [-0.05, 0) is 57.3 Å². The minimum Gasteiger partial charge on any atom is -0.265 e. The van der Waals surface area contributed by atoms with Crippen molar-refractivity contribution in [1.29, 1.82) is 0 Å². The molecule has 0 N–H and O–H groups in total. The lowest BCUT2D eigenvalue weighted by atomic mass is 9.92. The van der Waals surface area contributed by atoms with Crippen LogP contribution in [0.4, 0.5) is 0 Å². The van der Waals surface area contributed by atoms with E-state index in [0.717, 1.165) is 22.3 Å². The van der Waals surface area contributed by atoms with Gasteiger partial charge in [-0.3, -0.25) is 4.98 Å². The van der Waals surface area contributed by atoms with Gasteiger partial charge in [-0.1, -0.05) is 61.2 Å². The van der Waals surface area contributed by atoms with Gasteiger partial charge in [0.2, 0.25) is 0 Å². The lowest BCUT2D eigenvalue weighted by molar-refractivity contribution is 1.32. The highest BCUT2D eigenvalue weighted by Crippen LogP contribution is 2.32. The summed E-state index contributed by atoms with van der Waals surface area (Å²) < 4.78 is 0. The third-order valence-corrected chi connectivity index (χ3v) is 3.82. The maximum atomic E-state index is 6.02. The van der Waals surface area contributed by atoms with Crippen molar-refractivity contribution >= 4 is 33.5 Å². The topological polar surface area (TPSA) is 12.9 Å². The molecule has 0 radical (unpaired) electrons. The molecule has 0 aliphatic rings. The van der Waals surface area contributed by atoms with Crippen LogP contribution in [0, 0.1) is 0 Å². The van der Waals surface area contributed by atoms with Crippen LogP contribution in [0.15, 0.2) is 91.3 Å². The zero-order chi connectivity index (χ0) is 16.2. The Balaban J connectivity index is 2.08. The van der Waals surface area contributed by atoms with Gasteiger partial charge >= 0.3 is 0 Å². The van der Waals surface area contributed by atoms with E-state index in [9.17, 15) is 0 Å². The summed E-state index contributed by atoms with van der Waals surface area (Å²) in [5, 5.41) is 2.86. The molecule has 0 spiro atoms. The number of allylic oxidation sites excluding steroid dienone is 4. The van der Waals surface area contributed by atoms with Crippen LogP contribution in [-0.4, -0.2) is 4.98 Å². The summed E-state index contributed by atoms with van der Waals surface area (Å²) >= 11 is 6.02. The van der Waals surface area contributed by atoms with E-state index in [1.165, 1.54) is 10.8 Å². The van der Waals surface area contributed by atoms with Crippen LogP contribution < -0.4 is 0 Å². The number of halogens is 1. The Kier molecular flexibility index (Phi) is 4.40. The lowest BCUT2D eigenvalue weighted by Gasteiger charge is -2.12. The van der Waals surface area contributed by atoms with Crippen molar-refractivity contribution < 1.29 is 0 Å². The van der Waals surface area contributed by atoms with Crippen molar-refractivity contribution in [2.75, 3.05) is 0 Å². The summed E-state index contributed by atoms with van der Waals surface area (Å²) in [4.78, 5) is 4.07. The van der Waals surface area contributed by atoms with Gasteiger partial charge in [0.05, 0.1) is 0 Å². The van der Waals surface area contributed by atoms with E-state index in [4.69, 9.17) is 11.6 Å². The Morgan fingerprint density at radius 3 is 2.26 bits per heavy atom. The fourth-order valence-electron chi connectivity index (χ4n) is 2.57. The van der Waals surface area contributed by atoms with Crippen LogP contribution in [0.25, 0.3) is 21.9 Å². The van der Waals surface area contributed by atoms with Crippen molar-refractivity contribution in [2.24, 2.45) is 0 Å². The molecule has 2 heteroatoms. The largest absolute Gasteiger partial charge is 0.265 e. The maximum absolute atomic E-state index is 6.02. The van der Waals surface area contributed by atoms with Gasteiger partial charge in [-0.25, -0.2) is 0 Å². The predicted octanol–water partition coefficient (Wildman–Crippen LogP) is 6.08. The van der Waals surface area contributed by atoms with Gasteiger partial charge in [0.25, 0.3) is 0 Å². The average molecular weight is 318 g/mol. The molecule has 0 aliphatic heterocycles. The van der Waals surface area contributed by atoms with Crippen molar-refractivity contribution in [3.05, 3.63) is 102 Å². The van der Waals surface area contributed by atoms with Crippen LogP contribution in [0.5, 0.6) is 0 Å². The first-order valence-corrected chi connectivity index (χ1v) is 7.68. The second-order valence-corrected chi connectivity index (χ2v) is 5.77. The standard InChI is InChI=1S/C21H16ClN/c1-15(22)13-21(18-9-11-23-12-10-18)16(2)19-8-7-17-5-3-4-6-20(17)14-19/h3-14H,1-2H2/b21-13+. The summed E-state index contributed by atoms with van der Waals surface area (Å²) in [6.07, 6.45) is 5.36. The summed E-state index contributed by atoms with van der Waals surface area (Å²) in [5.74, 6) is 0. The molecule has 23 heavy (non-hydrogen) atoms. The first-order valence-electron chi connectivity index (χ1n) is 7.30. The minimum absolute atomic E-state index is 0.471. The van der Waals surface area contributed by atoms with Gasteiger partial charge in [0.1, 0.15) is 0 Å². The molecular weight excluding hydrogens is 302 g/mol. The normalized spacial score (nSPS) is 11.4. The van der Waals surface area contributed by atoms with E-state index >= 15 is 0 Å². The lowest BCUT2D eigenvalue weighted by Crippen LogP contribution is -1.91. The number of aromatic nitrogens is 1. The van der Waals surface area contributed by atoms with E-state index in [1.807, 2.05) is 30.3 Å². The molecule has 0 saturated carbocycles. The molecule has 1 aromatic heterocycles. The molecule has 0 fully saturated rings. The number of hydrogen-bond acceptors (Lipinski definition) is 1. The molecule has 1 nitrogen and oxygen atoms in total. The molecule has 2 aromatic carbocycles. The Morgan fingerprint density at radius 1 is 0.870 bits per heavy atom. The van der Waals surface area contributed by atoms with Crippen molar-refractivity contribution in [3.63, 3.8) is 0 Å². The molecule has 0 saturated heterocycles. The second kappa shape index (κ2) is 6.64. The monoisotopic (exact) mass is 317 g/mol. The summed E-state index contributed by atoms with van der Waals surface area (Å²) in [6.45, 7) is 8.05. The molecule has 3 aromatic rings. The van der Waals surface area contributed by atoms with Crippen molar-refractivity contribution in [1.82, 2.24) is 4.98 Å². The highest BCUT2D eigenvalue weighted by molar-refractivity contribution is 6.32. The van der Waals surface area contributed by atoms with E-state index < -0.39 is 0 Å². The molecule has 112 valence electrons. The number of pyridine rings is 1. The average Bonchev–Trinajstić information content (AvgIpc) is 2.59. The Labute approximate surface area is 141 Å². The minimum atomic E-state index is 0.471. The quantitative estimate of drug-likeness (QED) is 0.531. The summed E-state index contributed by atoms with van der Waals surface area (Å²) in [6, 6.07) is 18.5. The maximum Gasteiger partial charge on any atom is 0.0340 e. The Morgan fingerprint density at radius 2 is 1.57 bits per heavy atom. The number of nitrogens with zero attached hydrogens (tertiary/aromatic N) is 1. The van der Waals surface area contributed by atoms with Crippen LogP contribution in [0.1, 0.15) is 11.1 Å². The zero-order valence-electron chi connectivity index (χ0n) is 12.7. The number of hydrogen-bond donors (Lipinski definition) is 0. The fraction of sp³-hybridized carbons (Fsp3) is 0. The zero-order valence-corrected chi connectivity index (χ0v) is 13.4. The molecule has 0 atom stereocenters. The van der Waals surface area contributed by atoms with Crippen LogP contribution in [0.2, 0.25) is 0 Å². The Hall–Kier alpha value is -2.64. The van der Waals surface area contributed by atoms with Gasteiger partial charge in [-0.2, -0.15) is 0 Å². The molecule has 0 unspecified atom stereocenters. The van der Waals surface area contributed by atoms with E-state index in [-0.39, 0.29) is 0 Å². The van der Waals surface area contributed by atoms with Gasteiger partial charge in [0, 0.05) is 17.4 Å². The van der Waals surface area contributed by atoms with Crippen LogP contribution in [-0.2, 0) is 0 Å². The molecule has 0 amide bonds.